The average Bonchev–Trinajstić information content (AvgIpc) is 3.03. The maximum atomic E-state index is 14.5. The maximum Gasteiger partial charge on any atom is 0.264 e. The average molecular weight is 732 g/mol. The van der Waals surface area contributed by atoms with Gasteiger partial charge in [0.05, 0.1) is 20.6 Å². The Bertz CT molecular complexity index is 1730. The predicted molar refractivity (Wildman–Crippen MR) is 184 cm³/mol. The molecule has 0 fully saturated rings. The smallest absolute Gasteiger partial charge is 0.264 e. The van der Waals surface area contributed by atoms with E-state index in [1.807, 2.05) is 68.4 Å². The molecule has 0 spiro atoms. The number of hydrogen-bond donors (Lipinski definition) is 1. The van der Waals surface area contributed by atoms with Gasteiger partial charge in [0, 0.05) is 23.5 Å². The van der Waals surface area contributed by atoms with Crippen LogP contribution in [0.25, 0.3) is 0 Å². The third-order valence-corrected chi connectivity index (χ3v) is 10.3. The molecule has 0 saturated carbocycles. The van der Waals surface area contributed by atoms with Gasteiger partial charge in [-0.05, 0) is 66.9 Å². The highest BCUT2D eigenvalue weighted by Gasteiger charge is 2.35. The van der Waals surface area contributed by atoms with Gasteiger partial charge in [0.15, 0.2) is 0 Å². The molecular weight excluding hydrogens is 697 g/mol. The molecule has 2 atom stereocenters. The van der Waals surface area contributed by atoms with Crippen molar-refractivity contribution in [1.29, 1.82) is 0 Å². The van der Waals surface area contributed by atoms with Crippen LogP contribution in [0.3, 0.4) is 0 Å². The minimum atomic E-state index is -4.24. The number of nitrogens with zero attached hydrogens (tertiary/aromatic N) is 2. The first-order chi connectivity index (χ1) is 21.5. The number of nitrogens with one attached hydrogen (secondary N) is 1. The van der Waals surface area contributed by atoms with Crippen LogP contribution in [-0.4, -0.2) is 43.8 Å². The van der Waals surface area contributed by atoms with Gasteiger partial charge in [0.2, 0.25) is 11.8 Å². The van der Waals surface area contributed by atoms with Gasteiger partial charge in [-0.2, -0.15) is 0 Å². The number of rotatable bonds is 13. The van der Waals surface area contributed by atoms with Crippen LogP contribution in [-0.2, 0) is 32.6 Å². The largest absolute Gasteiger partial charge is 0.352 e. The molecule has 45 heavy (non-hydrogen) atoms. The van der Waals surface area contributed by atoms with Crippen molar-refractivity contribution in [3.8, 4) is 0 Å². The molecule has 4 rings (SSSR count). The fraction of sp³-hybridized carbons (Fsp3) is 0.235. The number of amides is 2. The van der Waals surface area contributed by atoms with E-state index in [1.165, 1.54) is 35.2 Å². The molecule has 11 heteroatoms. The number of benzene rings is 4. The lowest BCUT2D eigenvalue weighted by molar-refractivity contribution is -0.140. The SMILES string of the molecule is CCC(C)NC(=O)C(Cc1ccccc1)N(Cc1cccc(Br)c1)C(=O)CN(c1ccc(Cl)c(Cl)c1)S(=O)(=O)c1ccccc1. The second kappa shape index (κ2) is 15.8. The molecule has 2 amide bonds. The molecule has 0 bridgehead atoms. The maximum absolute atomic E-state index is 14.5. The zero-order valence-electron chi connectivity index (χ0n) is 24.9. The van der Waals surface area contributed by atoms with E-state index in [0.29, 0.717) is 6.42 Å². The standard InChI is InChI=1S/C34H34BrCl2N3O4S/c1-3-24(2)38-34(42)32(20-25-11-6-4-7-12-25)39(22-26-13-10-14-27(35)19-26)33(41)23-40(28-17-18-30(36)31(37)21-28)45(43,44)29-15-8-5-9-16-29/h4-19,21,24,32H,3,20,22-23H2,1-2H3,(H,38,42). The normalized spacial score (nSPS) is 12.6. The zero-order valence-corrected chi connectivity index (χ0v) is 28.8. The summed E-state index contributed by atoms with van der Waals surface area (Å²) in [6.45, 7) is 3.33. The van der Waals surface area contributed by atoms with Crippen molar-refractivity contribution in [3.63, 3.8) is 0 Å². The summed E-state index contributed by atoms with van der Waals surface area (Å²) >= 11 is 16.0. The number of halogens is 3. The monoisotopic (exact) mass is 729 g/mol. The number of carbonyl (C=O) groups excluding carboxylic acids is 2. The number of hydrogen-bond acceptors (Lipinski definition) is 4. The fourth-order valence-electron chi connectivity index (χ4n) is 4.72. The van der Waals surface area contributed by atoms with Crippen LogP contribution in [0.15, 0.2) is 112 Å². The lowest BCUT2D eigenvalue weighted by Crippen LogP contribution is -2.54. The van der Waals surface area contributed by atoms with E-state index >= 15 is 0 Å². The van der Waals surface area contributed by atoms with Crippen LogP contribution in [0.5, 0.6) is 0 Å². The van der Waals surface area contributed by atoms with Crippen molar-refractivity contribution in [2.24, 2.45) is 0 Å². The summed E-state index contributed by atoms with van der Waals surface area (Å²) in [5.74, 6) is -0.899. The summed E-state index contributed by atoms with van der Waals surface area (Å²) in [4.78, 5) is 29.9. The van der Waals surface area contributed by atoms with E-state index in [4.69, 9.17) is 23.2 Å². The highest BCUT2D eigenvalue weighted by Crippen LogP contribution is 2.31. The lowest BCUT2D eigenvalue weighted by Gasteiger charge is -2.34. The first kappa shape index (κ1) is 34.5. The molecule has 236 valence electrons. The van der Waals surface area contributed by atoms with Gasteiger partial charge < -0.3 is 10.2 Å². The van der Waals surface area contributed by atoms with Gasteiger partial charge in [-0.15, -0.1) is 0 Å². The van der Waals surface area contributed by atoms with Crippen LogP contribution in [0.4, 0.5) is 5.69 Å². The van der Waals surface area contributed by atoms with Gasteiger partial charge in [0.25, 0.3) is 10.0 Å². The minimum Gasteiger partial charge on any atom is -0.352 e. The van der Waals surface area contributed by atoms with Crippen molar-refractivity contribution in [3.05, 3.63) is 129 Å². The molecule has 7 nitrogen and oxygen atoms in total. The number of anilines is 1. The Labute approximate surface area is 283 Å². The van der Waals surface area contributed by atoms with Crippen LogP contribution < -0.4 is 9.62 Å². The molecule has 4 aromatic carbocycles. The molecule has 0 radical (unpaired) electrons. The quantitative estimate of drug-likeness (QED) is 0.154. The van der Waals surface area contributed by atoms with Crippen LogP contribution in [0.2, 0.25) is 10.0 Å². The van der Waals surface area contributed by atoms with Crippen LogP contribution >= 0.6 is 39.1 Å². The first-order valence-corrected chi connectivity index (χ1v) is 17.4. The van der Waals surface area contributed by atoms with E-state index in [2.05, 4.69) is 21.2 Å². The molecule has 0 aliphatic heterocycles. The summed E-state index contributed by atoms with van der Waals surface area (Å²) in [5, 5.41) is 3.41. The van der Waals surface area contributed by atoms with Crippen molar-refractivity contribution in [2.75, 3.05) is 10.8 Å². The van der Waals surface area contributed by atoms with Crippen LogP contribution in [0.1, 0.15) is 31.4 Å². The van der Waals surface area contributed by atoms with Crippen molar-refractivity contribution >= 4 is 66.7 Å². The van der Waals surface area contributed by atoms with Crippen molar-refractivity contribution in [1.82, 2.24) is 10.2 Å². The molecule has 1 N–H and O–H groups in total. The topological polar surface area (TPSA) is 86.8 Å². The first-order valence-electron chi connectivity index (χ1n) is 14.4. The molecule has 4 aromatic rings. The third kappa shape index (κ3) is 9.10. The number of sulfonamides is 1. The van der Waals surface area contributed by atoms with Gasteiger partial charge in [-0.3, -0.25) is 13.9 Å². The predicted octanol–water partition coefficient (Wildman–Crippen LogP) is 7.51. The van der Waals surface area contributed by atoms with E-state index < -0.39 is 28.5 Å². The van der Waals surface area contributed by atoms with E-state index in [-0.39, 0.29) is 45.5 Å². The van der Waals surface area contributed by atoms with Gasteiger partial charge in [0.1, 0.15) is 12.6 Å². The highest BCUT2D eigenvalue weighted by atomic mass is 79.9. The van der Waals surface area contributed by atoms with Crippen molar-refractivity contribution < 1.29 is 18.0 Å². The molecule has 0 aliphatic carbocycles. The van der Waals surface area contributed by atoms with Gasteiger partial charge in [-0.25, -0.2) is 8.42 Å². The Morgan fingerprint density at radius 3 is 2.11 bits per heavy atom. The lowest BCUT2D eigenvalue weighted by atomic mass is 10.0. The second-order valence-electron chi connectivity index (χ2n) is 10.6. The van der Waals surface area contributed by atoms with E-state index in [9.17, 15) is 18.0 Å². The summed E-state index contributed by atoms with van der Waals surface area (Å²) < 4.78 is 29.9. The molecule has 0 aliphatic rings. The minimum absolute atomic E-state index is 0.00207. The van der Waals surface area contributed by atoms with E-state index in [1.54, 1.807) is 18.2 Å². The summed E-state index contributed by atoms with van der Waals surface area (Å²) in [6.07, 6.45) is 0.921. The fourth-order valence-corrected chi connectivity index (χ4v) is 6.88. The second-order valence-corrected chi connectivity index (χ2v) is 14.2. The molecule has 2 unspecified atom stereocenters. The Morgan fingerprint density at radius 2 is 1.49 bits per heavy atom. The third-order valence-electron chi connectivity index (χ3n) is 7.32. The Balaban J connectivity index is 1.82. The van der Waals surface area contributed by atoms with Crippen molar-refractivity contribution in [2.45, 2.75) is 50.2 Å². The molecule has 0 aromatic heterocycles. The molecule has 0 saturated heterocycles. The Kier molecular flexibility index (Phi) is 12.1. The summed E-state index contributed by atoms with van der Waals surface area (Å²) in [7, 11) is -4.24. The summed E-state index contributed by atoms with van der Waals surface area (Å²) in [5.41, 5.74) is 1.78. The zero-order chi connectivity index (χ0) is 32.6. The summed E-state index contributed by atoms with van der Waals surface area (Å²) in [6, 6.07) is 28.0. The molecule has 0 heterocycles. The van der Waals surface area contributed by atoms with Crippen LogP contribution in [0, 0.1) is 0 Å². The number of carbonyl (C=O) groups is 2. The highest BCUT2D eigenvalue weighted by molar-refractivity contribution is 9.10. The van der Waals surface area contributed by atoms with Gasteiger partial charge >= 0.3 is 0 Å². The Morgan fingerprint density at radius 1 is 0.844 bits per heavy atom. The van der Waals surface area contributed by atoms with Gasteiger partial charge in [-0.1, -0.05) is 107 Å². The molecular formula is C34H34BrCl2N3O4S. The van der Waals surface area contributed by atoms with E-state index in [0.717, 1.165) is 19.9 Å². The Hall–Kier alpha value is -3.37.